The molecule has 0 fully saturated rings. The third-order valence-corrected chi connectivity index (χ3v) is 3.13. The zero-order valence-electron chi connectivity index (χ0n) is 11.8. The van der Waals surface area contributed by atoms with E-state index in [1.54, 1.807) is 0 Å². The van der Waals surface area contributed by atoms with Crippen molar-refractivity contribution in [3.05, 3.63) is 34.9 Å². The van der Waals surface area contributed by atoms with Gasteiger partial charge in [0.15, 0.2) is 0 Å². The maximum absolute atomic E-state index is 3.54. The number of hydrogen-bond donors (Lipinski definition) is 1. The molecule has 0 bridgehead atoms. The summed E-state index contributed by atoms with van der Waals surface area (Å²) in [6.07, 6.45) is 4.98. The number of nitrogens with one attached hydrogen (secondary N) is 1. The standard InChI is InChI=1S/C16H27N/c1-5-9-17-15(4)7-6-8-16-11-13(2)10-14(3)12-16/h10-12,15,17H,5-9H2,1-4H3. The van der Waals surface area contributed by atoms with Gasteiger partial charge in [0.05, 0.1) is 0 Å². The maximum atomic E-state index is 3.54. The number of aryl methyl sites for hydroxylation is 3. The molecule has 0 aliphatic heterocycles. The van der Waals surface area contributed by atoms with E-state index in [9.17, 15) is 0 Å². The number of rotatable bonds is 7. The molecule has 0 radical (unpaired) electrons. The fourth-order valence-corrected chi connectivity index (χ4v) is 2.32. The van der Waals surface area contributed by atoms with Crippen molar-refractivity contribution in [1.29, 1.82) is 0 Å². The molecule has 1 atom stereocenters. The van der Waals surface area contributed by atoms with Crippen LogP contribution in [0.2, 0.25) is 0 Å². The van der Waals surface area contributed by atoms with E-state index in [1.807, 2.05) is 0 Å². The lowest BCUT2D eigenvalue weighted by Gasteiger charge is -2.13. The van der Waals surface area contributed by atoms with Crippen LogP contribution in [0.4, 0.5) is 0 Å². The topological polar surface area (TPSA) is 12.0 Å². The molecule has 0 spiro atoms. The molecule has 1 heteroatoms. The van der Waals surface area contributed by atoms with Gasteiger partial charge in [0.25, 0.3) is 0 Å². The minimum absolute atomic E-state index is 0.654. The van der Waals surface area contributed by atoms with Gasteiger partial charge in [-0.2, -0.15) is 0 Å². The molecule has 1 nitrogen and oxygen atoms in total. The molecule has 1 rings (SSSR count). The van der Waals surface area contributed by atoms with Gasteiger partial charge in [0.1, 0.15) is 0 Å². The molecule has 1 aromatic rings. The van der Waals surface area contributed by atoms with Crippen LogP contribution < -0.4 is 5.32 Å². The molecule has 0 aromatic heterocycles. The Balaban J connectivity index is 2.30. The fourth-order valence-electron chi connectivity index (χ4n) is 2.32. The first-order valence-corrected chi connectivity index (χ1v) is 6.92. The summed E-state index contributed by atoms with van der Waals surface area (Å²) in [5, 5.41) is 3.54. The van der Waals surface area contributed by atoms with Gasteiger partial charge in [-0.3, -0.25) is 0 Å². The monoisotopic (exact) mass is 233 g/mol. The summed E-state index contributed by atoms with van der Waals surface area (Å²) in [4.78, 5) is 0. The largest absolute Gasteiger partial charge is 0.314 e. The molecule has 1 N–H and O–H groups in total. The van der Waals surface area contributed by atoms with Crippen LogP contribution in [0.3, 0.4) is 0 Å². The maximum Gasteiger partial charge on any atom is 0.00388 e. The second-order valence-corrected chi connectivity index (χ2v) is 5.24. The third kappa shape index (κ3) is 5.88. The zero-order chi connectivity index (χ0) is 12.7. The molecule has 0 saturated carbocycles. The minimum atomic E-state index is 0.654. The first-order valence-electron chi connectivity index (χ1n) is 6.92. The second-order valence-electron chi connectivity index (χ2n) is 5.24. The van der Waals surface area contributed by atoms with Crippen molar-refractivity contribution in [2.24, 2.45) is 0 Å². The van der Waals surface area contributed by atoms with Crippen molar-refractivity contribution < 1.29 is 0 Å². The number of benzene rings is 1. The van der Waals surface area contributed by atoms with Crippen molar-refractivity contribution >= 4 is 0 Å². The highest BCUT2D eigenvalue weighted by molar-refractivity contribution is 5.28. The van der Waals surface area contributed by atoms with Crippen LogP contribution in [-0.2, 0) is 6.42 Å². The third-order valence-electron chi connectivity index (χ3n) is 3.13. The van der Waals surface area contributed by atoms with Gasteiger partial charge in [-0.1, -0.05) is 36.2 Å². The SMILES string of the molecule is CCCNC(C)CCCc1cc(C)cc(C)c1. The van der Waals surface area contributed by atoms with Crippen LogP contribution in [0, 0.1) is 13.8 Å². The van der Waals surface area contributed by atoms with Crippen molar-refractivity contribution in [1.82, 2.24) is 5.32 Å². The first-order chi connectivity index (χ1) is 8.11. The average Bonchev–Trinajstić information content (AvgIpc) is 2.25. The summed E-state index contributed by atoms with van der Waals surface area (Å²) >= 11 is 0. The molecule has 0 aliphatic carbocycles. The van der Waals surface area contributed by atoms with Gasteiger partial charge in [-0.05, 0) is 58.6 Å². The Kier molecular flexibility index (Phi) is 6.28. The first kappa shape index (κ1) is 14.2. The van der Waals surface area contributed by atoms with E-state index in [0.29, 0.717) is 6.04 Å². The summed E-state index contributed by atoms with van der Waals surface area (Å²) in [6.45, 7) is 10.0. The molecule has 96 valence electrons. The lowest BCUT2D eigenvalue weighted by Crippen LogP contribution is -2.26. The molecule has 17 heavy (non-hydrogen) atoms. The van der Waals surface area contributed by atoms with E-state index in [2.05, 4.69) is 51.2 Å². The van der Waals surface area contributed by atoms with Gasteiger partial charge in [0.2, 0.25) is 0 Å². The minimum Gasteiger partial charge on any atom is -0.314 e. The van der Waals surface area contributed by atoms with Gasteiger partial charge < -0.3 is 5.32 Å². The highest BCUT2D eigenvalue weighted by Crippen LogP contribution is 2.12. The summed E-state index contributed by atoms with van der Waals surface area (Å²) in [7, 11) is 0. The Labute approximate surface area is 107 Å². The molecule has 1 unspecified atom stereocenters. The van der Waals surface area contributed by atoms with Crippen molar-refractivity contribution in [3.8, 4) is 0 Å². The van der Waals surface area contributed by atoms with Crippen LogP contribution in [0.5, 0.6) is 0 Å². The molecule has 0 amide bonds. The van der Waals surface area contributed by atoms with Crippen LogP contribution in [0.1, 0.15) is 49.8 Å². The summed E-state index contributed by atoms with van der Waals surface area (Å²) in [6, 6.07) is 7.53. The average molecular weight is 233 g/mol. The molecule has 1 aromatic carbocycles. The van der Waals surface area contributed by atoms with E-state index in [-0.39, 0.29) is 0 Å². The molecular formula is C16H27N. The Hall–Kier alpha value is -0.820. The van der Waals surface area contributed by atoms with Gasteiger partial charge in [-0.25, -0.2) is 0 Å². The van der Waals surface area contributed by atoms with Crippen LogP contribution in [-0.4, -0.2) is 12.6 Å². The Bertz CT molecular complexity index is 310. The molecule has 0 heterocycles. The Morgan fingerprint density at radius 2 is 1.76 bits per heavy atom. The highest BCUT2D eigenvalue weighted by Gasteiger charge is 2.01. The highest BCUT2D eigenvalue weighted by atomic mass is 14.9. The smallest absolute Gasteiger partial charge is 0.00388 e. The van der Waals surface area contributed by atoms with Gasteiger partial charge >= 0.3 is 0 Å². The lowest BCUT2D eigenvalue weighted by atomic mass is 10.0. The Morgan fingerprint density at radius 3 is 2.35 bits per heavy atom. The molecule has 0 saturated heterocycles. The van der Waals surface area contributed by atoms with Crippen LogP contribution in [0.25, 0.3) is 0 Å². The summed E-state index contributed by atoms with van der Waals surface area (Å²) in [5.41, 5.74) is 4.26. The van der Waals surface area contributed by atoms with E-state index in [0.717, 1.165) is 6.54 Å². The summed E-state index contributed by atoms with van der Waals surface area (Å²) in [5.74, 6) is 0. The normalized spacial score (nSPS) is 12.7. The predicted octanol–water partition coefficient (Wildman–Crippen LogP) is 4.01. The fraction of sp³-hybridized carbons (Fsp3) is 0.625. The molecule has 0 aliphatic rings. The predicted molar refractivity (Wildman–Crippen MR) is 76.6 cm³/mol. The van der Waals surface area contributed by atoms with Gasteiger partial charge in [0, 0.05) is 6.04 Å². The van der Waals surface area contributed by atoms with Crippen molar-refractivity contribution in [2.45, 2.75) is 59.4 Å². The van der Waals surface area contributed by atoms with E-state index < -0.39 is 0 Å². The Morgan fingerprint density at radius 1 is 1.12 bits per heavy atom. The van der Waals surface area contributed by atoms with Crippen LogP contribution in [0.15, 0.2) is 18.2 Å². The molecular weight excluding hydrogens is 206 g/mol. The summed E-state index contributed by atoms with van der Waals surface area (Å²) < 4.78 is 0. The van der Waals surface area contributed by atoms with E-state index in [1.165, 1.54) is 42.4 Å². The van der Waals surface area contributed by atoms with E-state index >= 15 is 0 Å². The van der Waals surface area contributed by atoms with Crippen molar-refractivity contribution in [3.63, 3.8) is 0 Å². The quantitative estimate of drug-likeness (QED) is 0.750. The second kappa shape index (κ2) is 7.50. The van der Waals surface area contributed by atoms with Gasteiger partial charge in [-0.15, -0.1) is 0 Å². The zero-order valence-corrected chi connectivity index (χ0v) is 11.8. The van der Waals surface area contributed by atoms with E-state index in [4.69, 9.17) is 0 Å². The number of hydrogen-bond acceptors (Lipinski definition) is 1. The van der Waals surface area contributed by atoms with Crippen LogP contribution >= 0.6 is 0 Å². The lowest BCUT2D eigenvalue weighted by molar-refractivity contribution is 0.498. The van der Waals surface area contributed by atoms with Crippen molar-refractivity contribution in [2.75, 3.05) is 6.54 Å².